The molecule has 0 bridgehead atoms. The summed E-state index contributed by atoms with van der Waals surface area (Å²) in [4.78, 5) is 33.3. The number of hydrogen-bond donors (Lipinski definition) is 3. The normalized spacial score (nSPS) is 12.4. The second-order valence-corrected chi connectivity index (χ2v) is 11.2. The lowest BCUT2D eigenvalue weighted by Crippen LogP contribution is -2.34. The Hall–Kier alpha value is -5.84. The van der Waals surface area contributed by atoms with Gasteiger partial charge in [0.25, 0.3) is 5.91 Å². The molecule has 3 N–H and O–H groups in total. The lowest BCUT2D eigenvalue weighted by Gasteiger charge is -2.23. The number of nitrogens with zero attached hydrogens (tertiary/aromatic N) is 4. The number of pyridine rings is 1. The van der Waals surface area contributed by atoms with Crippen molar-refractivity contribution in [3.63, 3.8) is 0 Å². The Balaban J connectivity index is 1.47. The molecule has 2 atom stereocenters. The van der Waals surface area contributed by atoms with Crippen LogP contribution < -0.4 is 15.4 Å². The Kier molecular flexibility index (Phi) is 9.33. The van der Waals surface area contributed by atoms with E-state index in [-0.39, 0.29) is 11.6 Å². The molecule has 3 aromatic heterocycles. The molecule has 0 fully saturated rings. The van der Waals surface area contributed by atoms with Crippen molar-refractivity contribution in [2.75, 3.05) is 7.11 Å². The average molecular weight is 632 g/mol. The molecular formula is C36H34FN7O3. The van der Waals surface area contributed by atoms with Crippen LogP contribution in [0.15, 0.2) is 103 Å². The summed E-state index contributed by atoms with van der Waals surface area (Å²) in [5.41, 5.74) is 3.47. The minimum atomic E-state index is -0.752. The number of hydrogen-bond acceptors (Lipinski definition) is 6. The summed E-state index contributed by atoms with van der Waals surface area (Å²) in [7, 11) is 1.61. The number of para-hydroxylation sites is 1. The Morgan fingerprint density at radius 3 is 2.26 bits per heavy atom. The predicted molar refractivity (Wildman–Crippen MR) is 175 cm³/mol. The standard InChI is InChI=1S/C36H34FN7O3/c1-23(45)40-31(19-24-9-4-3-5-10-24)34-42-43-35(44(34)22-25-14-16-27(47-2)17-15-25)32(41-36(46)33-29(37)12-8-18-38-33)20-26-21-39-30-13-7-6-11-28(26)30/h3-18,21,31-32,39H,19-20,22H2,1-2H3,(H,40,45)(H,41,46)/t31-,32-/m1/s1. The van der Waals surface area contributed by atoms with Crippen molar-refractivity contribution >= 4 is 22.7 Å². The molecule has 11 heteroatoms. The molecule has 3 heterocycles. The summed E-state index contributed by atoms with van der Waals surface area (Å²) in [6, 6.07) is 26.6. The van der Waals surface area contributed by atoms with Gasteiger partial charge in [-0.15, -0.1) is 10.2 Å². The molecule has 0 unspecified atom stereocenters. The zero-order valence-corrected chi connectivity index (χ0v) is 26.0. The van der Waals surface area contributed by atoms with Gasteiger partial charge >= 0.3 is 0 Å². The minimum absolute atomic E-state index is 0.222. The van der Waals surface area contributed by atoms with Crippen molar-refractivity contribution < 1.29 is 18.7 Å². The molecule has 6 aromatic rings. The molecule has 0 aliphatic heterocycles. The number of aromatic nitrogens is 5. The number of carbonyl (C=O) groups is 2. The first-order chi connectivity index (χ1) is 22.9. The summed E-state index contributed by atoms with van der Waals surface area (Å²) < 4.78 is 22.0. The molecule has 2 amide bonds. The second kappa shape index (κ2) is 14.1. The number of rotatable bonds is 12. The van der Waals surface area contributed by atoms with Crippen molar-refractivity contribution in [1.29, 1.82) is 0 Å². The van der Waals surface area contributed by atoms with Crippen LogP contribution in [0.1, 0.15) is 57.8 Å². The van der Waals surface area contributed by atoms with Gasteiger partial charge < -0.3 is 24.9 Å². The van der Waals surface area contributed by atoms with E-state index in [0.29, 0.717) is 36.8 Å². The summed E-state index contributed by atoms with van der Waals surface area (Å²) in [5, 5.41) is 16.3. The number of benzene rings is 3. The maximum Gasteiger partial charge on any atom is 0.273 e. The van der Waals surface area contributed by atoms with E-state index in [9.17, 15) is 14.0 Å². The van der Waals surface area contributed by atoms with E-state index >= 15 is 0 Å². The van der Waals surface area contributed by atoms with Crippen molar-refractivity contribution in [2.24, 2.45) is 0 Å². The largest absolute Gasteiger partial charge is 0.497 e. The van der Waals surface area contributed by atoms with Gasteiger partial charge in [-0.25, -0.2) is 9.37 Å². The summed E-state index contributed by atoms with van der Waals surface area (Å²) >= 11 is 0. The molecule has 0 radical (unpaired) electrons. The topological polar surface area (TPSA) is 127 Å². The Bertz CT molecular complexity index is 1990. The van der Waals surface area contributed by atoms with Crippen LogP contribution in [0.3, 0.4) is 0 Å². The van der Waals surface area contributed by atoms with E-state index < -0.39 is 23.8 Å². The van der Waals surface area contributed by atoms with Gasteiger partial charge in [-0.2, -0.15) is 0 Å². The molecule has 238 valence electrons. The third kappa shape index (κ3) is 7.19. The second-order valence-electron chi connectivity index (χ2n) is 11.2. The highest BCUT2D eigenvalue weighted by Crippen LogP contribution is 2.28. The number of H-pyrrole nitrogens is 1. The van der Waals surface area contributed by atoms with Gasteiger partial charge in [0, 0.05) is 36.6 Å². The number of methoxy groups -OCH3 is 1. The smallest absolute Gasteiger partial charge is 0.273 e. The van der Waals surface area contributed by atoms with Crippen molar-refractivity contribution in [2.45, 2.75) is 38.4 Å². The van der Waals surface area contributed by atoms with E-state index in [1.165, 1.54) is 25.3 Å². The molecule has 0 aliphatic carbocycles. The molecule has 47 heavy (non-hydrogen) atoms. The fourth-order valence-corrected chi connectivity index (χ4v) is 5.73. The van der Waals surface area contributed by atoms with Gasteiger partial charge in [0.1, 0.15) is 5.75 Å². The highest BCUT2D eigenvalue weighted by Gasteiger charge is 2.29. The van der Waals surface area contributed by atoms with Crippen LogP contribution in [0.5, 0.6) is 5.75 Å². The maximum absolute atomic E-state index is 14.7. The number of ether oxygens (including phenoxy) is 1. The van der Waals surface area contributed by atoms with E-state index in [4.69, 9.17) is 4.74 Å². The molecule has 10 nitrogen and oxygen atoms in total. The lowest BCUT2D eigenvalue weighted by atomic mass is 10.0. The molecule has 0 aliphatic rings. The van der Waals surface area contributed by atoms with Gasteiger partial charge in [-0.05, 0) is 53.4 Å². The number of halogens is 1. The molecule has 0 saturated heterocycles. The minimum Gasteiger partial charge on any atom is -0.497 e. The predicted octanol–water partition coefficient (Wildman–Crippen LogP) is 5.48. The zero-order valence-electron chi connectivity index (χ0n) is 26.0. The van der Waals surface area contributed by atoms with E-state index in [0.717, 1.165) is 27.6 Å². The first-order valence-electron chi connectivity index (χ1n) is 15.2. The van der Waals surface area contributed by atoms with E-state index in [1.807, 2.05) is 89.6 Å². The van der Waals surface area contributed by atoms with E-state index in [2.05, 4.69) is 30.8 Å². The highest BCUT2D eigenvalue weighted by atomic mass is 19.1. The van der Waals surface area contributed by atoms with Gasteiger partial charge in [0.05, 0.1) is 25.7 Å². The summed E-state index contributed by atoms with van der Waals surface area (Å²) in [6.45, 7) is 1.79. The summed E-state index contributed by atoms with van der Waals surface area (Å²) in [6.07, 6.45) is 4.04. The number of aromatic amines is 1. The van der Waals surface area contributed by atoms with Gasteiger partial charge in [-0.1, -0.05) is 60.7 Å². The van der Waals surface area contributed by atoms with E-state index in [1.54, 1.807) is 7.11 Å². The van der Waals surface area contributed by atoms with Crippen LogP contribution in [0.25, 0.3) is 10.9 Å². The monoisotopic (exact) mass is 631 g/mol. The third-order valence-electron chi connectivity index (χ3n) is 7.97. The Morgan fingerprint density at radius 1 is 0.851 bits per heavy atom. The fraction of sp³-hybridized carbons (Fsp3) is 0.194. The molecule has 0 spiro atoms. The van der Waals surface area contributed by atoms with Crippen LogP contribution in [0, 0.1) is 5.82 Å². The first kappa shape index (κ1) is 31.2. The first-order valence-corrected chi connectivity index (χ1v) is 15.2. The molecule has 0 saturated carbocycles. The van der Waals surface area contributed by atoms with Gasteiger partial charge in [0.15, 0.2) is 23.2 Å². The van der Waals surface area contributed by atoms with Crippen LogP contribution in [-0.4, -0.2) is 43.7 Å². The fourth-order valence-electron chi connectivity index (χ4n) is 5.73. The Morgan fingerprint density at radius 2 is 1.55 bits per heavy atom. The quantitative estimate of drug-likeness (QED) is 0.164. The van der Waals surface area contributed by atoms with Crippen molar-refractivity contribution in [3.8, 4) is 5.75 Å². The van der Waals surface area contributed by atoms with Crippen LogP contribution in [0.2, 0.25) is 0 Å². The maximum atomic E-state index is 14.7. The SMILES string of the molecule is COc1ccc(Cn2c([C@@H](Cc3ccccc3)NC(C)=O)nnc2[C@@H](Cc2c[nH]c3ccccc23)NC(=O)c2ncccc2F)cc1. The number of nitrogens with one attached hydrogen (secondary N) is 3. The van der Waals surface area contributed by atoms with Crippen molar-refractivity contribution in [3.05, 3.63) is 143 Å². The number of amides is 2. The molecule has 3 aromatic carbocycles. The van der Waals surface area contributed by atoms with Crippen LogP contribution in [0.4, 0.5) is 4.39 Å². The van der Waals surface area contributed by atoms with Crippen LogP contribution >= 0.6 is 0 Å². The van der Waals surface area contributed by atoms with Gasteiger partial charge in [0.2, 0.25) is 5.91 Å². The number of fused-ring (bicyclic) bond motifs is 1. The zero-order chi connectivity index (χ0) is 32.8. The molecular weight excluding hydrogens is 597 g/mol. The average Bonchev–Trinajstić information content (AvgIpc) is 3.69. The number of carbonyl (C=O) groups excluding carboxylic acids is 2. The lowest BCUT2D eigenvalue weighted by molar-refractivity contribution is -0.119. The summed E-state index contributed by atoms with van der Waals surface area (Å²) in [5.74, 6) is 0.0213. The van der Waals surface area contributed by atoms with Crippen molar-refractivity contribution in [1.82, 2.24) is 35.4 Å². The van der Waals surface area contributed by atoms with Gasteiger partial charge in [-0.3, -0.25) is 9.59 Å². The van der Waals surface area contributed by atoms with Crippen LogP contribution in [-0.2, 0) is 24.2 Å². The molecule has 6 rings (SSSR count). The third-order valence-corrected chi connectivity index (χ3v) is 7.97. The Labute approximate surface area is 271 Å². The highest BCUT2D eigenvalue weighted by molar-refractivity contribution is 5.92.